The number of rotatable bonds is 5. The molecule has 3 aromatic carbocycles. The van der Waals surface area contributed by atoms with Gasteiger partial charge < -0.3 is 0 Å². The Morgan fingerprint density at radius 2 is 1.55 bits per heavy atom. The molecule has 1 aliphatic heterocycles. The number of hydrogen-bond acceptors (Lipinski definition) is 3. The SMILES string of the molecule is O=S(=O)(N=CN1C[C@H](c2ccccc2)C(c2ccc(Cl)cc2)=N1)c1ccccc1. The minimum atomic E-state index is -3.78. The van der Waals surface area contributed by atoms with Gasteiger partial charge in [-0.15, -0.1) is 4.40 Å². The lowest BCUT2D eigenvalue weighted by atomic mass is 9.91. The van der Waals surface area contributed by atoms with Gasteiger partial charge in [-0.25, -0.2) is 0 Å². The van der Waals surface area contributed by atoms with E-state index < -0.39 is 10.0 Å². The molecule has 0 amide bonds. The van der Waals surface area contributed by atoms with Crippen LogP contribution in [-0.4, -0.2) is 32.0 Å². The van der Waals surface area contributed by atoms with E-state index in [4.69, 9.17) is 11.6 Å². The van der Waals surface area contributed by atoms with Crippen molar-refractivity contribution in [3.8, 4) is 0 Å². The molecule has 0 unspecified atom stereocenters. The van der Waals surface area contributed by atoms with Gasteiger partial charge in [-0.2, -0.15) is 13.5 Å². The molecule has 0 saturated heterocycles. The average molecular weight is 424 g/mol. The molecule has 1 heterocycles. The topological polar surface area (TPSA) is 62.1 Å². The summed E-state index contributed by atoms with van der Waals surface area (Å²) in [4.78, 5) is 0.150. The Morgan fingerprint density at radius 1 is 0.931 bits per heavy atom. The highest BCUT2D eigenvalue weighted by atomic mass is 35.5. The fourth-order valence-corrected chi connectivity index (χ4v) is 4.18. The van der Waals surface area contributed by atoms with Gasteiger partial charge in [0.2, 0.25) is 0 Å². The van der Waals surface area contributed by atoms with Crippen LogP contribution in [0.4, 0.5) is 0 Å². The lowest BCUT2D eigenvalue weighted by Gasteiger charge is -2.13. The van der Waals surface area contributed by atoms with Crippen LogP contribution in [0.2, 0.25) is 5.02 Å². The highest BCUT2D eigenvalue weighted by molar-refractivity contribution is 7.90. The highest BCUT2D eigenvalue weighted by Gasteiger charge is 2.29. The summed E-state index contributed by atoms with van der Waals surface area (Å²) in [5.74, 6) is -0.0109. The van der Waals surface area contributed by atoms with Gasteiger partial charge in [-0.1, -0.05) is 72.3 Å². The van der Waals surface area contributed by atoms with Gasteiger partial charge in [0.25, 0.3) is 10.0 Å². The third-order valence-corrected chi connectivity index (χ3v) is 6.13. The molecule has 1 aliphatic rings. The van der Waals surface area contributed by atoms with Gasteiger partial charge in [0.05, 0.1) is 17.2 Å². The quantitative estimate of drug-likeness (QED) is 0.446. The zero-order valence-corrected chi connectivity index (χ0v) is 17.0. The van der Waals surface area contributed by atoms with Crippen LogP contribution in [0.5, 0.6) is 0 Å². The van der Waals surface area contributed by atoms with Gasteiger partial charge in [0, 0.05) is 10.9 Å². The van der Waals surface area contributed by atoms with Crippen LogP contribution in [0.25, 0.3) is 0 Å². The van der Waals surface area contributed by atoms with Crippen molar-refractivity contribution in [2.75, 3.05) is 6.54 Å². The van der Waals surface area contributed by atoms with Gasteiger partial charge in [0.1, 0.15) is 6.34 Å². The Morgan fingerprint density at radius 3 is 2.21 bits per heavy atom. The van der Waals surface area contributed by atoms with E-state index in [0.717, 1.165) is 16.8 Å². The van der Waals surface area contributed by atoms with Crippen molar-refractivity contribution in [3.63, 3.8) is 0 Å². The summed E-state index contributed by atoms with van der Waals surface area (Å²) < 4.78 is 28.7. The summed E-state index contributed by atoms with van der Waals surface area (Å²) in [6, 6.07) is 25.6. The predicted octanol–water partition coefficient (Wildman–Crippen LogP) is 4.56. The van der Waals surface area contributed by atoms with Crippen molar-refractivity contribution in [2.24, 2.45) is 9.50 Å². The van der Waals surface area contributed by atoms with E-state index in [2.05, 4.69) is 9.50 Å². The van der Waals surface area contributed by atoms with Gasteiger partial charge >= 0.3 is 0 Å². The summed E-state index contributed by atoms with van der Waals surface area (Å²) in [6.45, 7) is 0.496. The van der Waals surface area contributed by atoms with Crippen LogP contribution >= 0.6 is 11.6 Å². The average Bonchev–Trinajstić information content (AvgIpc) is 3.19. The largest absolute Gasteiger partial charge is 0.283 e. The lowest BCUT2D eigenvalue weighted by Crippen LogP contribution is -2.18. The fraction of sp³-hybridized carbons (Fsp3) is 0.0909. The standard InChI is InChI=1S/C22H18ClN3O2S/c23-19-13-11-18(12-14-19)22-21(17-7-3-1-4-8-17)15-26(25-22)16-24-29(27,28)20-9-5-2-6-10-20/h1-14,16,21H,15H2/t21-/m1/s1. The van der Waals surface area contributed by atoms with Crippen LogP contribution in [0, 0.1) is 0 Å². The van der Waals surface area contributed by atoms with Crippen molar-refractivity contribution in [3.05, 3.63) is 101 Å². The summed E-state index contributed by atoms with van der Waals surface area (Å²) in [6.07, 6.45) is 1.28. The second-order valence-electron chi connectivity index (χ2n) is 6.59. The molecule has 29 heavy (non-hydrogen) atoms. The van der Waals surface area contributed by atoms with Gasteiger partial charge in [-0.05, 0) is 35.4 Å². The van der Waals surface area contributed by atoms with E-state index in [1.807, 2.05) is 54.6 Å². The molecule has 3 aromatic rings. The summed E-state index contributed by atoms with van der Waals surface area (Å²) >= 11 is 6.02. The Kier molecular flexibility index (Phi) is 5.47. The number of hydrazone groups is 1. The molecule has 0 fully saturated rings. The first-order valence-electron chi connectivity index (χ1n) is 9.04. The van der Waals surface area contributed by atoms with Crippen molar-refractivity contribution >= 4 is 33.7 Å². The van der Waals surface area contributed by atoms with Crippen molar-refractivity contribution < 1.29 is 8.42 Å². The first-order valence-corrected chi connectivity index (χ1v) is 10.9. The van der Waals surface area contributed by atoms with Crippen molar-refractivity contribution in [1.82, 2.24) is 5.01 Å². The lowest BCUT2D eigenvalue weighted by molar-refractivity contribution is 0.489. The van der Waals surface area contributed by atoms with Crippen LogP contribution in [-0.2, 0) is 10.0 Å². The Balaban J connectivity index is 1.65. The van der Waals surface area contributed by atoms with Crippen LogP contribution in [0.1, 0.15) is 17.0 Å². The molecular weight excluding hydrogens is 406 g/mol. The molecule has 1 atom stereocenters. The molecule has 7 heteroatoms. The van der Waals surface area contributed by atoms with Gasteiger partial charge in [0.15, 0.2) is 0 Å². The van der Waals surface area contributed by atoms with E-state index >= 15 is 0 Å². The van der Waals surface area contributed by atoms with Crippen molar-refractivity contribution in [2.45, 2.75) is 10.8 Å². The Bertz CT molecular complexity index is 1150. The molecule has 0 aliphatic carbocycles. The van der Waals surface area contributed by atoms with Crippen LogP contribution in [0.3, 0.4) is 0 Å². The minimum Gasteiger partial charge on any atom is -0.252 e. The maximum absolute atomic E-state index is 12.4. The van der Waals surface area contributed by atoms with E-state index in [0.29, 0.717) is 11.6 Å². The summed E-state index contributed by atoms with van der Waals surface area (Å²) in [5.41, 5.74) is 2.88. The first kappa shape index (κ1) is 19.4. The molecule has 0 radical (unpaired) electrons. The fourth-order valence-electron chi connectivity index (χ4n) is 3.19. The smallest absolute Gasteiger partial charge is 0.252 e. The third-order valence-electron chi connectivity index (χ3n) is 4.64. The van der Waals surface area contributed by atoms with E-state index in [1.165, 1.54) is 18.5 Å². The van der Waals surface area contributed by atoms with E-state index in [9.17, 15) is 8.42 Å². The molecule has 4 rings (SSSR count). The Labute approximate surface area is 175 Å². The number of sulfonamides is 1. The zero-order valence-electron chi connectivity index (χ0n) is 15.4. The molecule has 0 aromatic heterocycles. The van der Waals surface area contributed by atoms with Crippen LogP contribution < -0.4 is 0 Å². The molecular formula is C22H18ClN3O2S. The molecule has 5 nitrogen and oxygen atoms in total. The Hall–Kier alpha value is -2.96. The van der Waals surface area contributed by atoms with E-state index in [-0.39, 0.29) is 10.8 Å². The number of benzene rings is 3. The molecule has 0 spiro atoms. The summed E-state index contributed by atoms with van der Waals surface area (Å²) in [7, 11) is -3.78. The van der Waals surface area contributed by atoms with E-state index in [1.54, 1.807) is 23.2 Å². The predicted molar refractivity (Wildman–Crippen MR) is 116 cm³/mol. The second-order valence-corrected chi connectivity index (χ2v) is 8.66. The summed E-state index contributed by atoms with van der Waals surface area (Å²) in [5, 5.41) is 6.86. The minimum absolute atomic E-state index is 0.0109. The first-order chi connectivity index (χ1) is 14.0. The third kappa shape index (κ3) is 4.39. The zero-order chi connectivity index (χ0) is 20.3. The van der Waals surface area contributed by atoms with Crippen molar-refractivity contribution in [1.29, 1.82) is 0 Å². The van der Waals surface area contributed by atoms with Gasteiger partial charge in [-0.3, -0.25) is 5.01 Å². The molecule has 0 N–H and O–H groups in total. The normalized spacial score (nSPS) is 16.9. The number of hydrogen-bond donors (Lipinski definition) is 0. The van der Waals surface area contributed by atoms with Crippen LogP contribution in [0.15, 0.2) is 99.3 Å². The molecule has 146 valence electrons. The maximum Gasteiger partial charge on any atom is 0.283 e. The maximum atomic E-state index is 12.4. The second kappa shape index (κ2) is 8.19. The highest BCUT2D eigenvalue weighted by Crippen LogP contribution is 2.28. The molecule has 0 bridgehead atoms. The molecule has 0 saturated carbocycles. The monoisotopic (exact) mass is 423 g/mol. The number of nitrogens with zero attached hydrogens (tertiary/aromatic N) is 3. The number of halogens is 1.